The van der Waals surface area contributed by atoms with E-state index in [4.69, 9.17) is 11.6 Å². The lowest BCUT2D eigenvalue weighted by atomic mass is 10.1. The van der Waals surface area contributed by atoms with Crippen LogP contribution < -0.4 is 15.1 Å². The summed E-state index contributed by atoms with van der Waals surface area (Å²) in [6, 6.07) is 8.39. The van der Waals surface area contributed by atoms with E-state index in [9.17, 15) is 18.0 Å². The largest absolute Gasteiger partial charge is 0.416 e. The normalized spacial score (nSPS) is 16.7. The van der Waals surface area contributed by atoms with Gasteiger partial charge in [-0.25, -0.2) is 4.98 Å². The number of carbonyl (C=O) groups is 1. The fourth-order valence-corrected chi connectivity index (χ4v) is 3.44. The van der Waals surface area contributed by atoms with Gasteiger partial charge in [0.1, 0.15) is 0 Å². The van der Waals surface area contributed by atoms with Crippen molar-refractivity contribution >= 4 is 28.9 Å². The third-order valence-corrected chi connectivity index (χ3v) is 5.27. The molecule has 0 bridgehead atoms. The van der Waals surface area contributed by atoms with E-state index in [2.05, 4.69) is 10.3 Å². The molecular formula is C19H21ClF3N4O+. The molecule has 2 N–H and O–H groups in total. The molecule has 5 nitrogen and oxygen atoms in total. The number of pyridine rings is 1. The molecule has 0 radical (unpaired) electrons. The first-order valence-electron chi connectivity index (χ1n) is 8.94. The van der Waals surface area contributed by atoms with Gasteiger partial charge in [-0.2, -0.15) is 13.2 Å². The summed E-state index contributed by atoms with van der Waals surface area (Å²) < 4.78 is 38.8. The monoisotopic (exact) mass is 413 g/mol. The standard InChI is InChI=1S/C19H20ClF3N4O/c1-13(18(28)25-16-6-3-7-24-17(16)20)26-8-10-27(11-9-26)15-5-2-4-14(12-15)19(21,22)23/h2-7,12-13H,8-11H2,1H3,(H,25,28)/p+1/t13-/m0/s1. The van der Waals surface area contributed by atoms with E-state index in [-0.39, 0.29) is 17.1 Å². The molecule has 28 heavy (non-hydrogen) atoms. The molecule has 2 heterocycles. The van der Waals surface area contributed by atoms with Gasteiger partial charge in [0.15, 0.2) is 11.2 Å². The summed E-state index contributed by atoms with van der Waals surface area (Å²) in [6.07, 6.45) is -2.82. The number of piperazine rings is 1. The van der Waals surface area contributed by atoms with Crippen LogP contribution in [0.5, 0.6) is 0 Å². The molecule has 0 aliphatic carbocycles. The maximum Gasteiger partial charge on any atom is 0.416 e. The summed E-state index contributed by atoms with van der Waals surface area (Å²) in [6.45, 7) is 4.26. The highest BCUT2D eigenvalue weighted by atomic mass is 35.5. The van der Waals surface area contributed by atoms with Crippen molar-refractivity contribution < 1.29 is 22.9 Å². The van der Waals surface area contributed by atoms with E-state index in [1.54, 1.807) is 24.4 Å². The van der Waals surface area contributed by atoms with Crippen LogP contribution in [0.2, 0.25) is 5.15 Å². The first kappa shape index (κ1) is 20.4. The zero-order chi connectivity index (χ0) is 20.3. The molecule has 1 amide bonds. The Hall–Kier alpha value is -2.32. The Bertz CT molecular complexity index is 838. The number of benzene rings is 1. The Kier molecular flexibility index (Phi) is 6.10. The van der Waals surface area contributed by atoms with E-state index in [1.165, 1.54) is 12.1 Å². The fourth-order valence-electron chi connectivity index (χ4n) is 3.27. The Labute approximate surface area is 166 Å². The van der Waals surface area contributed by atoms with Crippen molar-refractivity contribution in [2.45, 2.75) is 19.1 Å². The highest BCUT2D eigenvalue weighted by molar-refractivity contribution is 6.32. The van der Waals surface area contributed by atoms with Gasteiger partial charge < -0.3 is 15.1 Å². The van der Waals surface area contributed by atoms with Gasteiger partial charge in [-0.1, -0.05) is 17.7 Å². The van der Waals surface area contributed by atoms with Gasteiger partial charge in [-0.05, 0) is 37.3 Å². The number of nitrogens with zero attached hydrogens (tertiary/aromatic N) is 2. The van der Waals surface area contributed by atoms with Crippen molar-refractivity contribution in [2.75, 3.05) is 36.4 Å². The molecule has 1 aliphatic heterocycles. The number of carbonyl (C=O) groups excluding carboxylic acids is 1. The second kappa shape index (κ2) is 8.36. The number of nitrogens with one attached hydrogen (secondary N) is 2. The average Bonchev–Trinajstić information content (AvgIpc) is 2.69. The van der Waals surface area contributed by atoms with Gasteiger partial charge in [-0.15, -0.1) is 0 Å². The van der Waals surface area contributed by atoms with Gasteiger partial charge in [-0.3, -0.25) is 4.79 Å². The summed E-state index contributed by atoms with van der Waals surface area (Å²) >= 11 is 5.97. The van der Waals surface area contributed by atoms with E-state index in [0.717, 1.165) is 11.0 Å². The highest BCUT2D eigenvalue weighted by Crippen LogP contribution is 2.31. The zero-order valence-corrected chi connectivity index (χ0v) is 16.0. The number of hydrogen-bond acceptors (Lipinski definition) is 3. The third kappa shape index (κ3) is 4.74. The van der Waals surface area contributed by atoms with Crippen molar-refractivity contribution in [3.63, 3.8) is 0 Å². The molecule has 1 fully saturated rings. The lowest BCUT2D eigenvalue weighted by Gasteiger charge is -2.36. The topological polar surface area (TPSA) is 49.7 Å². The average molecular weight is 414 g/mol. The van der Waals surface area contributed by atoms with Crippen LogP contribution in [-0.4, -0.2) is 43.1 Å². The molecule has 2 aromatic rings. The molecule has 150 valence electrons. The summed E-state index contributed by atoms with van der Waals surface area (Å²) in [5.41, 5.74) is 0.358. The second-order valence-electron chi connectivity index (χ2n) is 6.75. The van der Waals surface area contributed by atoms with E-state index in [0.29, 0.717) is 37.6 Å². The Morgan fingerprint density at radius 3 is 2.61 bits per heavy atom. The second-order valence-corrected chi connectivity index (χ2v) is 7.10. The molecule has 9 heteroatoms. The third-order valence-electron chi connectivity index (χ3n) is 4.97. The quantitative estimate of drug-likeness (QED) is 0.757. The number of amides is 1. The molecule has 1 saturated heterocycles. The van der Waals surface area contributed by atoms with Crippen molar-refractivity contribution in [1.82, 2.24) is 4.98 Å². The minimum atomic E-state index is -4.36. The molecule has 1 atom stereocenters. The van der Waals surface area contributed by atoms with Crippen molar-refractivity contribution in [1.29, 1.82) is 0 Å². The van der Waals surface area contributed by atoms with E-state index >= 15 is 0 Å². The van der Waals surface area contributed by atoms with Crippen LogP contribution in [0, 0.1) is 0 Å². The Morgan fingerprint density at radius 2 is 1.96 bits per heavy atom. The summed E-state index contributed by atoms with van der Waals surface area (Å²) in [7, 11) is 0. The van der Waals surface area contributed by atoms with Crippen LogP contribution in [0.25, 0.3) is 0 Å². The summed E-state index contributed by atoms with van der Waals surface area (Å²) in [5.74, 6) is -0.169. The lowest BCUT2D eigenvalue weighted by molar-refractivity contribution is -0.914. The van der Waals surface area contributed by atoms with Crippen LogP contribution in [0.4, 0.5) is 24.5 Å². The van der Waals surface area contributed by atoms with Crippen LogP contribution in [0.1, 0.15) is 12.5 Å². The van der Waals surface area contributed by atoms with E-state index in [1.807, 2.05) is 11.8 Å². The fraction of sp³-hybridized carbons (Fsp3) is 0.368. The van der Waals surface area contributed by atoms with Gasteiger partial charge in [0.25, 0.3) is 5.91 Å². The van der Waals surface area contributed by atoms with Crippen LogP contribution in [0.15, 0.2) is 42.6 Å². The lowest BCUT2D eigenvalue weighted by Crippen LogP contribution is -3.19. The number of anilines is 2. The molecule has 3 rings (SSSR count). The number of hydrogen-bond donors (Lipinski definition) is 2. The first-order valence-corrected chi connectivity index (χ1v) is 9.31. The molecule has 1 aliphatic rings. The maximum atomic E-state index is 12.9. The predicted octanol–water partition coefficient (Wildman–Crippen LogP) is 2.49. The van der Waals surface area contributed by atoms with E-state index < -0.39 is 11.7 Å². The molecule has 1 aromatic heterocycles. The van der Waals surface area contributed by atoms with Crippen LogP contribution in [0.3, 0.4) is 0 Å². The van der Waals surface area contributed by atoms with Crippen LogP contribution >= 0.6 is 11.6 Å². The van der Waals surface area contributed by atoms with Gasteiger partial charge in [0, 0.05) is 11.9 Å². The van der Waals surface area contributed by atoms with Gasteiger partial charge in [0.2, 0.25) is 0 Å². The molecule has 0 unspecified atom stereocenters. The van der Waals surface area contributed by atoms with Crippen molar-refractivity contribution in [3.8, 4) is 0 Å². The summed E-state index contributed by atoms with van der Waals surface area (Å²) in [4.78, 5) is 19.4. The zero-order valence-electron chi connectivity index (χ0n) is 15.3. The molecule has 0 saturated carbocycles. The van der Waals surface area contributed by atoms with Gasteiger partial charge >= 0.3 is 6.18 Å². The molecular weight excluding hydrogens is 393 g/mol. The van der Waals surface area contributed by atoms with Crippen molar-refractivity contribution in [2.24, 2.45) is 0 Å². The number of aromatic nitrogens is 1. The minimum absolute atomic E-state index is 0.169. The Balaban J connectivity index is 1.59. The molecule has 1 aromatic carbocycles. The van der Waals surface area contributed by atoms with Crippen LogP contribution in [-0.2, 0) is 11.0 Å². The number of alkyl halides is 3. The smallest absolute Gasteiger partial charge is 0.360 e. The van der Waals surface area contributed by atoms with Crippen molar-refractivity contribution in [3.05, 3.63) is 53.3 Å². The predicted molar refractivity (Wildman–Crippen MR) is 102 cm³/mol. The molecule has 0 spiro atoms. The summed E-state index contributed by atoms with van der Waals surface area (Å²) in [5, 5.41) is 3.01. The number of rotatable bonds is 4. The van der Waals surface area contributed by atoms with Gasteiger partial charge in [0.05, 0.1) is 37.4 Å². The minimum Gasteiger partial charge on any atom is -0.360 e. The number of quaternary nitrogens is 1. The maximum absolute atomic E-state index is 12.9. The Morgan fingerprint density at radius 1 is 1.25 bits per heavy atom. The highest BCUT2D eigenvalue weighted by Gasteiger charge is 2.32. The SMILES string of the molecule is C[C@@H](C(=O)Nc1cccnc1Cl)[NH+]1CCN(c2cccc(C(F)(F)F)c2)CC1. The first-order chi connectivity index (χ1) is 13.3. The number of halogens is 4.